The summed E-state index contributed by atoms with van der Waals surface area (Å²) >= 11 is 0. The lowest BCUT2D eigenvalue weighted by molar-refractivity contribution is 1.16. The minimum Gasteiger partial charge on any atom is -0.309 e. The fraction of sp³-hybridized carbons (Fsp3) is 0. The highest BCUT2D eigenvalue weighted by atomic mass is 15.0. The highest BCUT2D eigenvalue weighted by Crippen LogP contribution is 2.46. The van der Waals surface area contributed by atoms with Gasteiger partial charge in [-0.05, 0) is 108 Å². The van der Waals surface area contributed by atoms with E-state index in [-0.39, 0.29) is 0 Å². The quantitative estimate of drug-likeness (QED) is 0.142. The average molecular weight is 1010 g/mol. The smallest absolute Gasteiger partial charge is 0.187 e. The number of hydrogen-bond acceptors (Lipinski definition) is 3. The first-order chi connectivity index (χ1) is 39.1. The summed E-state index contributed by atoms with van der Waals surface area (Å²) in [6, 6.07) is 93.3. The van der Waals surface area contributed by atoms with Crippen LogP contribution in [-0.2, 0) is 0 Å². The third-order valence-corrected chi connectivity index (χ3v) is 15.5. The van der Waals surface area contributed by atoms with Crippen LogP contribution < -0.4 is 0 Å². The fourth-order valence-electron chi connectivity index (χ4n) is 12.0. The number of para-hydroxylation sites is 4. The van der Waals surface area contributed by atoms with E-state index in [1.54, 1.807) is 0 Å². The van der Waals surface area contributed by atoms with Crippen molar-refractivity contribution in [2.24, 2.45) is 0 Å². The molecule has 0 N–H and O–H groups in total. The molecule has 0 radical (unpaired) electrons. The van der Waals surface area contributed by atoms with E-state index in [0.717, 1.165) is 111 Å². The van der Waals surface area contributed by atoms with Crippen LogP contribution in [0.5, 0.6) is 0 Å². The van der Waals surface area contributed by atoms with Gasteiger partial charge in [0.25, 0.3) is 0 Å². The van der Waals surface area contributed by atoms with Crippen LogP contribution in [-0.4, -0.2) is 23.7 Å². The molecule has 0 unspecified atom stereocenters. The van der Waals surface area contributed by atoms with E-state index in [1.165, 1.54) is 21.5 Å². The van der Waals surface area contributed by atoms with Crippen LogP contribution in [0.2, 0.25) is 0 Å². The van der Waals surface area contributed by atoms with Crippen molar-refractivity contribution in [1.82, 2.24) is 23.7 Å². The summed E-state index contributed by atoms with van der Waals surface area (Å²) < 4.78 is 7.17. The van der Waals surface area contributed by atoms with Crippen molar-refractivity contribution in [1.29, 1.82) is 5.26 Å². The van der Waals surface area contributed by atoms with Crippen LogP contribution in [0.3, 0.4) is 0 Å². The summed E-state index contributed by atoms with van der Waals surface area (Å²) in [5, 5.41) is 17.4. The van der Waals surface area contributed by atoms with Gasteiger partial charge in [-0.25, -0.2) is 14.8 Å². The van der Waals surface area contributed by atoms with Crippen molar-refractivity contribution in [2.45, 2.75) is 0 Å². The molecule has 4 aromatic heterocycles. The second-order valence-corrected chi connectivity index (χ2v) is 19.9. The van der Waals surface area contributed by atoms with E-state index in [2.05, 4.69) is 201 Å². The van der Waals surface area contributed by atoms with Crippen LogP contribution >= 0.6 is 0 Å². The molecule has 0 aliphatic rings. The molecule has 0 bridgehead atoms. The van der Waals surface area contributed by atoms with Crippen LogP contribution in [0.15, 0.2) is 261 Å². The molecule has 0 aliphatic carbocycles. The molecule has 0 amide bonds. The van der Waals surface area contributed by atoms with E-state index < -0.39 is 0 Å². The molecule has 7 nitrogen and oxygen atoms in total. The number of nitrogens with zero attached hydrogens (tertiary/aromatic N) is 7. The lowest BCUT2D eigenvalue weighted by atomic mass is 9.91. The van der Waals surface area contributed by atoms with Gasteiger partial charge in [0.2, 0.25) is 0 Å². The minimum absolute atomic E-state index is 0.524. The first-order valence-electron chi connectivity index (χ1n) is 26.3. The molecule has 366 valence electrons. The van der Waals surface area contributed by atoms with E-state index >= 15 is 0 Å². The van der Waals surface area contributed by atoms with Crippen LogP contribution in [0, 0.1) is 17.9 Å². The lowest BCUT2D eigenvalue weighted by Gasteiger charge is -2.22. The zero-order valence-corrected chi connectivity index (χ0v) is 42.5. The molecule has 79 heavy (non-hydrogen) atoms. The Morgan fingerprint density at radius 1 is 0.342 bits per heavy atom. The Labute approximate surface area is 454 Å². The van der Waals surface area contributed by atoms with E-state index in [1.807, 2.05) is 84.9 Å². The van der Waals surface area contributed by atoms with Crippen LogP contribution in [0.4, 0.5) is 5.69 Å². The summed E-state index contributed by atoms with van der Waals surface area (Å²) in [6.45, 7) is 8.25. The lowest BCUT2D eigenvalue weighted by Crippen LogP contribution is -2.03. The molecule has 0 atom stereocenters. The van der Waals surface area contributed by atoms with Gasteiger partial charge in [-0.15, -0.1) is 0 Å². The molecule has 15 aromatic rings. The number of fused-ring (bicyclic) bond motifs is 9. The van der Waals surface area contributed by atoms with Crippen LogP contribution in [0.25, 0.3) is 143 Å². The predicted molar refractivity (Wildman–Crippen MR) is 323 cm³/mol. The average Bonchev–Trinajstić information content (AvgIpc) is 4.21. The molecule has 0 saturated carbocycles. The fourth-order valence-corrected chi connectivity index (χ4v) is 12.0. The SMILES string of the molecule is [C-]#[N+]c1cccc(-c2cc(-c3cc(-c4ccccc4)nc(-c4ccccc4)n3)cc(-c3cccc(C#N)c3)c2-n2c3ccc(-n4c5ccccc5c5ccccc54)cc3c3cc(-n4c5ccccc5c5ccccc54)ccc32)c1. The van der Waals surface area contributed by atoms with Crippen molar-refractivity contribution in [3.8, 4) is 79.3 Å². The van der Waals surface area contributed by atoms with Crippen molar-refractivity contribution >= 4 is 71.1 Å². The maximum absolute atomic E-state index is 10.5. The van der Waals surface area contributed by atoms with Crippen molar-refractivity contribution in [3.05, 3.63) is 278 Å². The summed E-state index contributed by atoms with van der Waals surface area (Å²) in [7, 11) is 0. The van der Waals surface area contributed by atoms with Gasteiger partial charge in [0, 0.05) is 71.5 Å². The maximum Gasteiger partial charge on any atom is 0.187 e. The zero-order chi connectivity index (χ0) is 52.6. The molecule has 0 spiro atoms. The van der Waals surface area contributed by atoms with Gasteiger partial charge in [-0.1, -0.05) is 164 Å². The summed E-state index contributed by atoms with van der Waals surface area (Å²) in [6.07, 6.45) is 0. The normalized spacial score (nSPS) is 11.5. The molecule has 0 saturated heterocycles. The van der Waals surface area contributed by atoms with Gasteiger partial charge >= 0.3 is 0 Å². The molecule has 0 fully saturated rings. The standard InChI is InChI=1S/C72H43N7/c1-74-52-25-17-24-50(39-52)60-41-51(64-44-63(47-19-4-2-5-20-47)75-72(76-64)48-21-6-3-7-22-48)40-59(49-23-16-18-46(38-49)45-73)71(60)79-69-36-34-53(77-65-30-12-8-26-55(65)56-27-9-13-31-66(56)77)42-61(69)62-43-54(35-37-70(62)79)78-67-32-14-10-28-57(67)58-29-11-15-33-68(58)78/h2-44H. The second kappa shape index (κ2) is 18.3. The van der Waals surface area contributed by atoms with Gasteiger partial charge in [0.15, 0.2) is 11.5 Å². The van der Waals surface area contributed by atoms with Gasteiger partial charge in [-0.2, -0.15) is 5.26 Å². The van der Waals surface area contributed by atoms with Gasteiger partial charge in [-0.3, -0.25) is 0 Å². The number of rotatable bonds is 8. The Hall–Kier alpha value is -11.1. The largest absolute Gasteiger partial charge is 0.309 e. The molecular weight excluding hydrogens is 963 g/mol. The van der Waals surface area contributed by atoms with E-state index in [9.17, 15) is 5.26 Å². The number of benzene rings is 11. The highest BCUT2D eigenvalue weighted by molar-refractivity contribution is 6.15. The zero-order valence-electron chi connectivity index (χ0n) is 42.5. The first kappa shape index (κ1) is 45.3. The predicted octanol–water partition coefficient (Wildman–Crippen LogP) is 18.5. The third-order valence-electron chi connectivity index (χ3n) is 15.5. The summed E-state index contributed by atoms with van der Waals surface area (Å²) in [5.41, 5.74) is 18.3. The molecule has 15 rings (SSSR count). The molecule has 7 heteroatoms. The first-order valence-corrected chi connectivity index (χ1v) is 26.3. The van der Waals surface area contributed by atoms with Gasteiger partial charge < -0.3 is 13.7 Å². The monoisotopic (exact) mass is 1010 g/mol. The topological polar surface area (TPSA) is 68.7 Å². The minimum atomic E-state index is 0.524. The van der Waals surface area contributed by atoms with Gasteiger partial charge in [0.1, 0.15) is 0 Å². The van der Waals surface area contributed by atoms with Crippen molar-refractivity contribution in [2.75, 3.05) is 0 Å². The summed E-state index contributed by atoms with van der Waals surface area (Å²) in [5.74, 6) is 0.603. The Balaban J connectivity index is 1.08. The Kier molecular flexibility index (Phi) is 10.5. The molecule has 4 heterocycles. The molecular formula is C72H43N7. The van der Waals surface area contributed by atoms with Crippen molar-refractivity contribution < 1.29 is 0 Å². The Morgan fingerprint density at radius 2 is 0.772 bits per heavy atom. The number of hydrogen-bond donors (Lipinski definition) is 0. The van der Waals surface area contributed by atoms with Crippen LogP contribution in [0.1, 0.15) is 5.56 Å². The maximum atomic E-state index is 10.5. The highest BCUT2D eigenvalue weighted by Gasteiger charge is 2.25. The molecule has 11 aromatic carbocycles. The molecule has 0 aliphatic heterocycles. The third kappa shape index (κ3) is 7.41. The Bertz CT molecular complexity index is 4630. The number of nitriles is 1. The van der Waals surface area contributed by atoms with E-state index in [4.69, 9.17) is 16.5 Å². The second-order valence-electron chi connectivity index (χ2n) is 19.9. The van der Waals surface area contributed by atoms with E-state index in [0.29, 0.717) is 17.1 Å². The Morgan fingerprint density at radius 3 is 1.28 bits per heavy atom. The van der Waals surface area contributed by atoms with Gasteiger partial charge in [0.05, 0.1) is 68.4 Å². The van der Waals surface area contributed by atoms with Crippen molar-refractivity contribution in [3.63, 3.8) is 0 Å². The number of aromatic nitrogens is 5. The summed E-state index contributed by atoms with van der Waals surface area (Å²) in [4.78, 5) is 14.5.